The number of carboxylic acids is 1. The summed E-state index contributed by atoms with van der Waals surface area (Å²) in [5.74, 6) is -1.30. The van der Waals surface area contributed by atoms with Crippen molar-refractivity contribution in [2.24, 2.45) is 0 Å². The molecule has 1 N–H and O–H groups in total. The molecule has 0 saturated heterocycles. The van der Waals surface area contributed by atoms with Crippen molar-refractivity contribution < 1.29 is 14.3 Å². The lowest BCUT2D eigenvalue weighted by molar-refractivity contribution is -0.149. The van der Waals surface area contributed by atoms with Crippen LogP contribution in [0, 0.1) is 5.82 Å². The van der Waals surface area contributed by atoms with Crippen LogP contribution in [0.2, 0.25) is 5.02 Å². The average Bonchev–Trinajstić information content (AvgIpc) is 2.29. The highest BCUT2D eigenvalue weighted by Gasteiger charge is 2.33. The van der Waals surface area contributed by atoms with E-state index in [1.54, 1.807) is 18.7 Å². The van der Waals surface area contributed by atoms with E-state index in [9.17, 15) is 14.3 Å². The fourth-order valence-corrected chi connectivity index (χ4v) is 1.89. The van der Waals surface area contributed by atoms with E-state index in [4.69, 9.17) is 11.6 Å². The van der Waals surface area contributed by atoms with Crippen LogP contribution in [0.5, 0.6) is 0 Å². The first-order chi connectivity index (χ1) is 8.28. The van der Waals surface area contributed by atoms with Crippen molar-refractivity contribution in [3.8, 4) is 0 Å². The number of nitrogens with zero attached hydrogens (tertiary/aromatic N) is 1. The molecule has 0 aliphatic rings. The number of carboxylic acid groups (broad SMARTS) is 1. The highest BCUT2D eigenvalue weighted by Crippen LogP contribution is 2.23. The Hall–Kier alpha value is -1.13. The maximum atomic E-state index is 13.2. The Bertz CT molecular complexity index is 449. The number of hydrogen-bond donors (Lipinski definition) is 1. The fraction of sp³-hybridized carbons (Fsp3) is 0.462. The van der Waals surface area contributed by atoms with Gasteiger partial charge in [-0.25, -0.2) is 4.39 Å². The van der Waals surface area contributed by atoms with Crippen molar-refractivity contribution in [2.75, 3.05) is 6.54 Å². The summed E-state index contributed by atoms with van der Waals surface area (Å²) in [5.41, 5.74) is -0.433. The van der Waals surface area contributed by atoms with Crippen molar-refractivity contribution >= 4 is 17.6 Å². The van der Waals surface area contributed by atoms with Crippen molar-refractivity contribution in [1.29, 1.82) is 0 Å². The maximum absolute atomic E-state index is 13.2. The minimum absolute atomic E-state index is 0.298. The Morgan fingerprint density at radius 2 is 2.11 bits per heavy atom. The van der Waals surface area contributed by atoms with E-state index in [2.05, 4.69) is 0 Å². The molecule has 0 aromatic heterocycles. The van der Waals surface area contributed by atoms with Gasteiger partial charge in [0.25, 0.3) is 0 Å². The van der Waals surface area contributed by atoms with Gasteiger partial charge in [0.1, 0.15) is 11.4 Å². The average molecular weight is 274 g/mol. The molecule has 0 saturated carbocycles. The van der Waals surface area contributed by atoms with Crippen LogP contribution >= 0.6 is 11.6 Å². The molecule has 3 nitrogen and oxygen atoms in total. The largest absolute Gasteiger partial charge is 0.480 e. The van der Waals surface area contributed by atoms with Crippen molar-refractivity contribution in [3.05, 3.63) is 34.6 Å². The molecule has 5 heteroatoms. The minimum atomic E-state index is -1.02. The number of carbonyl (C=O) groups is 1. The number of rotatable bonds is 5. The monoisotopic (exact) mass is 273 g/mol. The smallest absolute Gasteiger partial charge is 0.323 e. The summed E-state index contributed by atoms with van der Waals surface area (Å²) >= 11 is 5.99. The third kappa shape index (κ3) is 3.21. The molecule has 0 atom stereocenters. The Kier molecular flexibility index (Phi) is 4.71. The molecular formula is C13H17ClFNO2. The Morgan fingerprint density at radius 1 is 1.50 bits per heavy atom. The summed E-state index contributed by atoms with van der Waals surface area (Å²) in [6.07, 6.45) is 0. The second-order valence-corrected chi connectivity index (χ2v) is 5.02. The second kappa shape index (κ2) is 5.67. The van der Waals surface area contributed by atoms with Gasteiger partial charge >= 0.3 is 5.97 Å². The molecule has 0 fully saturated rings. The highest BCUT2D eigenvalue weighted by molar-refractivity contribution is 6.31. The number of aliphatic carboxylic acids is 1. The van der Waals surface area contributed by atoms with Gasteiger partial charge < -0.3 is 5.11 Å². The summed E-state index contributed by atoms with van der Waals surface area (Å²) in [4.78, 5) is 12.9. The summed E-state index contributed by atoms with van der Waals surface area (Å²) in [7, 11) is 0. The predicted molar refractivity (Wildman–Crippen MR) is 69.2 cm³/mol. The predicted octanol–water partition coefficient (Wildman–Crippen LogP) is 3.16. The van der Waals surface area contributed by atoms with Gasteiger partial charge in [0, 0.05) is 11.6 Å². The Morgan fingerprint density at radius 3 is 2.61 bits per heavy atom. The number of likely N-dealkylation sites (N-methyl/N-ethyl adjacent to an activating group) is 1. The third-order valence-corrected chi connectivity index (χ3v) is 3.43. The summed E-state index contributed by atoms with van der Waals surface area (Å²) in [6.45, 7) is 5.93. The second-order valence-electron chi connectivity index (χ2n) is 4.61. The van der Waals surface area contributed by atoms with Gasteiger partial charge in [-0.3, -0.25) is 9.69 Å². The molecule has 0 radical (unpaired) electrons. The molecule has 0 heterocycles. The molecule has 0 bridgehead atoms. The lowest BCUT2D eigenvalue weighted by Crippen LogP contribution is -2.49. The minimum Gasteiger partial charge on any atom is -0.480 e. The maximum Gasteiger partial charge on any atom is 0.323 e. The van der Waals surface area contributed by atoms with Gasteiger partial charge in [0.15, 0.2) is 0 Å². The lowest BCUT2D eigenvalue weighted by Gasteiger charge is -2.34. The van der Waals surface area contributed by atoms with E-state index < -0.39 is 11.5 Å². The first-order valence-corrected chi connectivity index (χ1v) is 6.09. The van der Waals surface area contributed by atoms with Crippen LogP contribution in [0.1, 0.15) is 26.3 Å². The fourth-order valence-electron chi connectivity index (χ4n) is 1.71. The normalized spacial score (nSPS) is 11.9. The number of hydrogen-bond acceptors (Lipinski definition) is 2. The van der Waals surface area contributed by atoms with Crippen molar-refractivity contribution in [2.45, 2.75) is 32.9 Å². The van der Waals surface area contributed by atoms with Crippen LogP contribution in [-0.2, 0) is 11.3 Å². The van der Waals surface area contributed by atoms with Crippen molar-refractivity contribution in [1.82, 2.24) is 4.90 Å². The summed E-state index contributed by atoms with van der Waals surface area (Å²) in [5, 5.41) is 9.64. The van der Waals surface area contributed by atoms with E-state index >= 15 is 0 Å². The topological polar surface area (TPSA) is 40.5 Å². The molecule has 1 aromatic rings. The van der Waals surface area contributed by atoms with Crippen LogP contribution in [-0.4, -0.2) is 28.1 Å². The molecule has 0 amide bonds. The van der Waals surface area contributed by atoms with Gasteiger partial charge in [0.2, 0.25) is 0 Å². The van der Waals surface area contributed by atoms with Gasteiger partial charge in [-0.15, -0.1) is 0 Å². The summed E-state index contributed by atoms with van der Waals surface area (Å²) in [6, 6.07) is 4.10. The van der Waals surface area contributed by atoms with E-state index in [-0.39, 0.29) is 5.82 Å². The van der Waals surface area contributed by atoms with Crippen LogP contribution in [0.3, 0.4) is 0 Å². The van der Waals surface area contributed by atoms with Crippen LogP contribution in [0.15, 0.2) is 18.2 Å². The standard InChI is InChI=1S/C13H17ClFNO2/c1-4-16(13(2,3)12(17)18)8-9-7-10(15)5-6-11(9)14/h5-7H,4,8H2,1-3H3,(H,17,18). The zero-order valence-electron chi connectivity index (χ0n) is 10.7. The van der Waals surface area contributed by atoms with Crippen LogP contribution < -0.4 is 0 Å². The quantitative estimate of drug-likeness (QED) is 0.896. The van der Waals surface area contributed by atoms with Crippen LogP contribution in [0.4, 0.5) is 4.39 Å². The third-order valence-electron chi connectivity index (χ3n) is 3.06. The molecular weight excluding hydrogens is 257 g/mol. The van der Waals surface area contributed by atoms with Gasteiger partial charge in [-0.05, 0) is 44.2 Å². The molecule has 1 rings (SSSR count). The number of halogens is 2. The molecule has 100 valence electrons. The van der Waals surface area contributed by atoms with Gasteiger partial charge in [-0.2, -0.15) is 0 Å². The van der Waals surface area contributed by atoms with E-state index in [0.717, 1.165) is 0 Å². The van der Waals surface area contributed by atoms with Gasteiger partial charge in [-0.1, -0.05) is 18.5 Å². The van der Waals surface area contributed by atoms with E-state index in [1.165, 1.54) is 18.2 Å². The van der Waals surface area contributed by atoms with Gasteiger partial charge in [0.05, 0.1) is 0 Å². The summed E-state index contributed by atoms with van der Waals surface area (Å²) < 4.78 is 13.2. The van der Waals surface area contributed by atoms with Crippen LogP contribution in [0.25, 0.3) is 0 Å². The molecule has 0 aliphatic heterocycles. The first-order valence-electron chi connectivity index (χ1n) is 5.71. The lowest BCUT2D eigenvalue weighted by atomic mass is 10.0. The Labute approximate surface area is 111 Å². The van der Waals surface area contributed by atoms with E-state index in [1.807, 2.05) is 6.92 Å². The zero-order chi connectivity index (χ0) is 13.9. The molecule has 0 spiro atoms. The van der Waals surface area contributed by atoms with E-state index in [0.29, 0.717) is 23.7 Å². The van der Waals surface area contributed by atoms with Crippen molar-refractivity contribution in [3.63, 3.8) is 0 Å². The first kappa shape index (κ1) is 14.9. The highest BCUT2D eigenvalue weighted by atomic mass is 35.5. The molecule has 1 aromatic carbocycles. The number of benzene rings is 1. The molecule has 0 unspecified atom stereocenters. The Balaban J connectivity index is 3.00. The SMILES string of the molecule is CCN(Cc1cc(F)ccc1Cl)C(C)(C)C(=O)O. The molecule has 0 aliphatic carbocycles. The molecule has 18 heavy (non-hydrogen) atoms. The zero-order valence-corrected chi connectivity index (χ0v) is 11.5.